The Bertz CT molecular complexity index is 1080. The van der Waals surface area contributed by atoms with Crippen molar-refractivity contribution >= 4 is 17.8 Å². The lowest BCUT2D eigenvalue weighted by molar-refractivity contribution is -0.132. The number of aromatic nitrogens is 2. The van der Waals surface area contributed by atoms with Crippen LogP contribution < -0.4 is 19.7 Å². The van der Waals surface area contributed by atoms with Gasteiger partial charge in [0, 0.05) is 50.9 Å². The van der Waals surface area contributed by atoms with E-state index in [9.17, 15) is 9.59 Å². The molecule has 11 nitrogen and oxygen atoms in total. The van der Waals surface area contributed by atoms with Crippen LogP contribution in [0, 0.1) is 0 Å². The molecule has 38 heavy (non-hydrogen) atoms. The number of rotatable bonds is 9. The molecule has 2 aromatic rings. The van der Waals surface area contributed by atoms with Crippen molar-refractivity contribution in [2.45, 2.75) is 38.8 Å². The van der Waals surface area contributed by atoms with Gasteiger partial charge >= 0.3 is 6.03 Å². The Morgan fingerprint density at radius 1 is 1.08 bits per heavy atom. The Labute approximate surface area is 224 Å². The monoisotopic (exact) mass is 526 g/mol. The molecule has 1 N–H and O–H groups in total. The fourth-order valence-electron chi connectivity index (χ4n) is 4.68. The molecule has 1 aromatic heterocycles. The van der Waals surface area contributed by atoms with E-state index in [1.54, 1.807) is 19.1 Å². The van der Waals surface area contributed by atoms with Gasteiger partial charge in [0.25, 0.3) is 0 Å². The predicted molar refractivity (Wildman–Crippen MR) is 144 cm³/mol. The third-order valence-electron chi connectivity index (χ3n) is 6.76. The molecule has 2 aliphatic rings. The third-order valence-corrected chi connectivity index (χ3v) is 6.76. The molecule has 3 amide bonds. The van der Waals surface area contributed by atoms with Gasteiger partial charge in [-0.15, -0.1) is 10.2 Å². The molecule has 1 unspecified atom stereocenters. The van der Waals surface area contributed by atoms with Crippen molar-refractivity contribution in [3.63, 3.8) is 0 Å². The van der Waals surface area contributed by atoms with Gasteiger partial charge in [0.15, 0.2) is 17.3 Å². The molecule has 1 atom stereocenters. The molecule has 2 saturated heterocycles. The van der Waals surface area contributed by atoms with Gasteiger partial charge in [-0.3, -0.25) is 4.79 Å². The van der Waals surface area contributed by atoms with E-state index in [0.29, 0.717) is 50.8 Å². The fraction of sp³-hybridized carbons (Fsp3) is 0.556. The number of urea groups is 1. The van der Waals surface area contributed by atoms with E-state index >= 15 is 0 Å². The van der Waals surface area contributed by atoms with Crippen LogP contribution in [0.15, 0.2) is 30.3 Å². The van der Waals surface area contributed by atoms with Crippen LogP contribution in [0.2, 0.25) is 0 Å². The molecule has 1 aromatic carbocycles. The highest BCUT2D eigenvalue weighted by Crippen LogP contribution is 2.31. The number of hydrogen-bond donors (Lipinski definition) is 1. The van der Waals surface area contributed by atoms with E-state index in [1.807, 2.05) is 49.1 Å². The number of anilines is 1. The molecule has 3 heterocycles. The van der Waals surface area contributed by atoms with Crippen LogP contribution >= 0.6 is 0 Å². The fourth-order valence-corrected chi connectivity index (χ4v) is 4.68. The van der Waals surface area contributed by atoms with Gasteiger partial charge in [0.1, 0.15) is 6.54 Å². The van der Waals surface area contributed by atoms with Crippen LogP contribution in [-0.2, 0) is 9.53 Å². The second kappa shape index (κ2) is 12.8. The molecule has 4 rings (SSSR count). The summed E-state index contributed by atoms with van der Waals surface area (Å²) in [6.45, 7) is 7.37. The molecular weight excluding hydrogens is 488 g/mol. The van der Waals surface area contributed by atoms with Crippen LogP contribution in [0.25, 0.3) is 11.3 Å². The number of piperazine rings is 1. The van der Waals surface area contributed by atoms with Crippen molar-refractivity contribution < 1.29 is 23.8 Å². The summed E-state index contributed by atoms with van der Waals surface area (Å²) in [5, 5.41) is 11.7. The van der Waals surface area contributed by atoms with Crippen LogP contribution in [0.4, 0.5) is 10.6 Å². The minimum Gasteiger partial charge on any atom is -0.493 e. The number of benzene rings is 1. The Balaban J connectivity index is 1.33. The number of ether oxygens (including phenoxy) is 3. The summed E-state index contributed by atoms with van der Waals surface area (Å²) in [5.74, 6) is 1.99. The van der Waals surface area contributed by atoms with Gasteiger partial charge in [-0.25, -0.2) is 4.79 Å². The topological polar surface area (TPSA) is 109 Å². The molecule has 0 radical (unpaired) electrons. The van der Waals surface area contributed by atoms with Gasteiger partial charge in [0.05, 0.1) is 26.0 Å². The Morgan fingerprint density at radius 2 is 1.84 bits per heavy atom. The van der Waals surface area contributed by atoms with Crippen LogP contribution in [0.1, 0.15) is 26.7 Å². The molecular formula is C27H38N6O5. The minimum absolute atomic E-state index is 0.00705. The maximum absolute atomic E-state index is 13.1. The van der Waals surface area contributed by atoms with E-state index in [1.165, 1.54) is 0 Å². The lowest BCUT2D eigenvalue weighted by Gasteiger charge is -2.36. The highest BCUT2D eigenvalue weighted by atomic mass is 16.5. The second-order valence-corrected chi connectivity index (χ2v) is 9.83. The zero-order valence-corrected chi connectivity index (χ0v) is 22.7. The Kier molecular flexibility index (Phi) is 9.22. The first-order chi connectivity index (χ1) is 18.4. The van der Waals surface area contributed by atoms with Gasteiger partial charge < -0.3 is 34.2 Å². The predicted octanol–water partition coefficient (Wildman–Crippen LogP) is 2.41. The van der Waals surface area contributed by atoms with E-state index in [-0.39, 0.29) is 30.6 Å². The summed E-state index contributed by atoms with van der Waals surface area (Å²) in [6, 6.07) is 9.26. The van der Waals surface area contributed by atoms with E-state index in [4.69, 9.17) is 14.2 Å². The molecule has 0 aliphatic carbocycles. The Hall–Kier alpha value is -3.60. The standard InChI is InChI=1S/C27H38N6O5/c1-19(2)28-27(35)33(17-21-6-5-15-38-21)18-26(34)32-13-11-31(12-14-32)25-10-8-22(29-30-25)20-7-9-23(36-3)24(16-20)37-4/h7-10,16,19,21H,5-6,11-15,17-18H2,1-4H3,(H,28,35). The van der Waals surface area contributed by atoms with Gasteiger partial charge in [-0.05, 0) is 57.0 Å². The number of carbonyl (C=O) groups is 2. The summed E-state index contributed by atoms with van der Waals surface area (Å²) < 4.78 is 16.4. The summed E-state index contributed by atoms with van der Waals surface area (Å²) in [6.07, 6.45) is 1.88. The molecule has 11 heteroatoms. The lowest BCUT2D eigenvalue weighted by atomic mass is 10.1. The summed E-state index contributed by atoms with van der Waals surface area (Å²) in [5.41, 5.74) is 1.61. The van der Waals surface area contributed by atoms with Crippen LogP contribution in [-0.4, -0.2) is 104 Å². The van der Waals surface area contributed by atoms with E-state index in [0.717, 1.165) is 29.9 Å². The van der Waals surface area contributed by atoms with Crippen molar-refractivity contribution in [1.29, 1.82) is 0 Å². The van der Waals surface area contributed by atoms with Gasteiger partial charge in [-0.1, -0.05) is 0 Å². The van der Waals surface area contributed by atoms with Gasteiger partial charge in [0.2, 0.25) is 5.91 Å². The van der Waals surface area contributed by atoms with Crippen LogP contribution in [0.5, 0.6) is 11.5 Å². The van der Waals surface area contributed by atoms with Gasteiger partial charge in [-0.2, -0.15) is 0 Å². The third kappa shape index (κ3) is 6.83. The number of methoxy groups -OCH3 is 2. The molecule has 0 saturated carbocycles. The van der Waals surface area contributed by atoms with E-state index < -0.39 is 0 Å². The first kappa shape index (κ1) is 27.4. The molecule has 206 valence electrons. The highest BCUT2D eigenvalue weighted by molar-refractivity contribution is 5.84. The molecule has 0 spiro atoms. The smallest absolute Gasteiger partial charge is 0.318 e. The normalized spacial score (nSPS) is 17.4. The van der Waals surface area contributed by atoms with Crippen molar-refractivity contribution in [2.24, 2.45) is 0 Å². The maximum Gasteiger partial charge on any atom is 0.318 e. The van der Waals surface area contributed by atoms with Crippen molar-refractivity contribution in [1.82, 2.24) is 25.3 Å². The number of nitrogens with one attached hydrogen (secondary N) is 1. The molecule has 2 fully saturated rings. The average molecular weight is 527 g/mol. The largest absolute Gasteiger partial charge is 0.493 e. The lowest BCUT2D eigenvalue weighted by Crippen LogP contribution is -2.54. The SMILES string of the molecule is COc1ccc(-c2ccc(N3CCN(C(=O)CN(CC4CCCO4)C(=O)NC(C)C)CC3)nn2)cc1OC. The number of carbonyl (C=O) groups excluding carboxylic acids is 2. The zero-order valence-electron chi connectivity index (χ0n) is 22.7. The number of amides is 3. The highest BCUT2D eigenvalue weighted by Gasteiger charge is 2.28. The maximum atomic E-state index is 13.1. The quantitative estimate of drug-likeness (QED) is 0.531. The summed E-state index contributed by atoms with van der Waals surface area (Å²) in [7, 11) is 3.20. The Morgan fingerprint density at radius 3 is 2.45 bits per heavy atom. The number of hydrogen-bond acceptors (Lipinski definition) is 8. The van der Waals surface area contributed by atoms with Crippen molar-refractivity contribution in [3.8, 4) is 22.8 Å². The second-order valence-electron chi connectivity index (χ2n) is 9.83. The van der Waals surface area contributed by atoms with Crippen molar-refractivity contribution in [2.75, 3.05) is 65.0 Å². The van der Waals surface area contributed by atoms with E-state index in [2.05, 4.69) is 20.4 Å². The summed E-state index contributed by atoms with van der Waals surface area (Å²) >= 11 is 0. The minimum atomic E-state index is -0.229. The average Bonchev–Trinajstić information content (AvgIpc) is 3.45. The molecule has 2 aliphatic heterocycles. The number of nitrogens with zero attached hydrogens (tertiary/aromatic N) is 5. The first-order valence-corrected chi connectivity index (χ1v) is 13.1. The molecule has 0 bridgehead atoms. The van der Waals surface area contributed by atoms with Crippen molar-refractivity contribution in [3.05, 3.63) is 30.3 Å². The summed E-state index contributed by atoms with van der Waals surface area (Å²) in [4.78, 5) is 31.4. The van der Waals surface area contributed by atoms with Crippen LogP contribution in [0.3, 0.4) is 0 Å². The first-order valence-electron chi connectivity index (χ1n) is 13.1. The zero-order chi connectivity index (χ0) is 27.1.